The Kier molecular flexibility index (Phi) is 3.80. The van der Waals surface area contributed by atoms with Crippen molar-refractivity contribution in [1.29, 1.82) is 0 Å². The molecule has 0 amide bonds. The maximum absolute atomic E-state index is 5.96. The molecular formula is C15H18N2OS. The van der Waals surface area contributed by atoms with Crippen molar-refractivity contribution in [2.75, 3.05) is 0 Å². The van der Waals surface area contributed by atoms with Crippen LogP contribution in [0.1, 0.15) is 33.9 Å². The van der Waals surface area contributed by atoms with Crippen LogP contribution in [0.2, 0.25) is 0 Å². The number of nitrogens with two attached hydrogens (primary N) is 1. The third-order valence-corrected chi connectivity index (χ3v) is 4.50. The number of thiazole rings is 1. The molecule has 0 bridgehead atoms. The van der Waals surface area contributed by atoms with Crippen molar-refractivity contribution in [2.24, 2.45) is 5.73 Å². The van der Waals surface area contributed by atoms with Gasteiger partial charge in [0.15, 0.2) is 0 Å². The predicted octanol–water partition coefficient (Wildman–Crippen LogP) is 3.06. The van der Waals surface area contributed by atoms with Gasteiger partial charge < -0.3 is 10.5 Å². The Morgan fingerprint density at radius 3 is 3.00 bits per heavy atom. The summed E-state index contributed by atoms with van der Waals surface area (Å²) in [5.41, 5.74) is 8.43. The van der Waals surface area contributed by atoms with Crippen molar-refractivity contribution in [2.45, 2.75) is 38.8 Å². The lowest BCUT2D eigenvalue weighted by Crippen LogP contribution is -2.06. The molecular weight excluding hydrogens is 256 g/mol. The zero-order chi connectivity index (χ0) is 13.1. The lowest BCUT2D eigenvalue weighted by molar-refractivity contribution is 0.301. The molecule has 4 heteroatoms. The Balaban J connectivity index is 1.73. The van der Waals surface area contributed by atoms with E-state index in [9.17, 15) is 0 Å². The van der Waals surface area contributed by atoms with Gasteiger partial charge in [-0.2, -0.15) is 0 Å². The van der Waals surface area contributed by atoms with Crippen LogP contribution in [0.15, 0.2) is 24.4 Å². The Hall–Kier alpha value is -1.39. The third-order valence-electron chi connectivity index (χ3n) is 3.51. The number of hydrogen-bond acceptors (Lipinski definition) is 4. The minimum absolute atomic E-state index is 0.543. The lowest BCUT2D eigenvalue weighted by atomic mass is 9.91. The van der Waals surface area contributed by atoms with Crippen LogP contribution in [0.3, 0.4) is 0 Å². The van der Waals surface area contributed by atoms with E-state index in [2.05, 4.69) is 23.2 Å². The number of fused-ring (bicyclic) bond motifs is 1. The highest BCUT2D eigenvalue weighted by atomic mass is 32.1. The van der Waals surface area contributed by atoms with Gasteiger partial charge in [0.05, 0.1) is 0 Å². The molecule has 0 unspecified atom stereocenters. The van der Waals surface area contributed by atoms with Crippen molar-refractivity contribution in [3.05, 3.63) is 45.4 Å². The van der Waals surface area contributed by atoms with E-state index in [-0.39, 0.29) is 0 Å². The van der Waals surface area contributed by atoms with Gasteiger partial charge in [0.25, 0.3) is 0 Å². The summed E-state index contributed by atoms with van der Waals surface area (Å²) < 4.78 is 5.96. The molecule has 3 rings (SSSR count). The minimum Gasteiger partial charge on any atom is -0.486 e. The molecule has 0 fully saturated rings. The number of ether oxygens (including phenoxy) is 1. The van der Waals surface area contributed by atoms with Gasteiger partial charge >= 0.3 is 0 Å². The summed E-state index contributed by atoms with van der Waals surface area (Å²) in [5, 5.41) is 0.994. The number of hydrogen-bond donors (Lipinski definition) is 1. The maximum atomic E-state index is 5.96. The van der Waals surface area contributed by atoms with Crippen molar-refractivity contribution in [1.82, 2.24) is 4.98 Å². The standard InChI is InChI=1S/C15H18N2OS/c16-8-12-9-17-15(19-12)10-18-14-7-3-5-11-4-1-2-6-13(11)14/h3,5,7,9H,1-2,4,6,8,10,16H2. The van der Waals surface area contributed by atoms with Crippen LogP contribution in [0.4, 0.5) is 0 Å². The van der Waals surface area contributed by atoms with Gasteiger partial charge in [-0.15, -0.1) is 11.3 Å². The second-order valence-corrected chi connectivity index (χ2v) is 6.01. The Morgan fingerprint density at radius 1 is 1.26 bits per heavy atom. The number of aryl methyl sites for hydroxylation is 1. The molecule has 0 saturated carbocycles. The largest absolute Gasteiger partial charge is 0.486 e. The van der Waals surface area contributed by atoms with Crippen molar-refractivity contribution >= 4 is 11.3 Å². The van der Waals surface area contributed by atoms with Gasteiger partial charge in [-0.1, -0.05) is 12.1 Å². The molecule has 2 N–H and O–H groups in total. The number of benzene rings is 1. The summed E-state index contributed by atoms with van der Waals surface area (Å²) in [6.45, 7) is 1.10. The SMILES string of the molecule is NCc1cnc(COc2cccc3c2CCCC3)s1. The van der Waals surface area contributed by atoms with Crippen molar-refractivity contribution in [3.63, 3.8) is 0 Å². The van der Waals surface area contributed by atoms with Crippen LogP contribution >= 0.6 is 11.3 Å². The van der Waals surface area contributed by atoms with Crippen LogP contribution < -0.4 is 10.5 Å². The molecule has 1 aliphatic carbocycles. The fourth-order valence-corrected chi connectivity index (χ4v) is 3.24. The van der Waals surface area contributed by atoms with Gasteiger partial charge in [-0.05, 0) is 42.9 Å². The number of aromatic nitrogens is 1. The first-order valence-corrected chi connectivity index (χ1v) is 7.55. The van der Waals surface area contributed by atoms with Gasteiger partial charge in [0.2, 0.25) is 0 Å². The lowest BCUT2D eigenvalue weighted by Gasteiger charge is -2.19. The van der Waals surface area contributed by atoms with Crippen LogP contribution in [0, 0.1) is 0 Å². The van der Waals surface area contributed by atoms with Crippen LogP contribution in [-0.2, 0) is 26.0 Å². The summed E-state index contributed by atoms with van der Waals surface area (Å²) >= 11 is 1.63. The predicted molar refractivity (Wildman–Crippen MR) is 77.4 cm³/mol. The molecule has 100 valence electrons. The zero-order valence-electron chi connectivity index (χ0n) is 10.9. The monoisotopic (exact) mass is 274 g/mol. The average molecular weight is 274 g/mol. The Labute approximate surface area is 117 Å². The summed E-state index contributed by atoms with van der Waals surface area (Å²) in [5.74, 6) is 1.03. The van der Waals surface area contributed by atoms with Crippen LogP contribution in [0.5, 0.6) is 5.75 Å². The van der Waals surface area contributed by atoms with E-state index < -0.39 is 0 Å². The van der Waals surface area contributed by atoms with E-state index in [1.165, 1.54) is 30.4 Å². The molecule has 0 radical (unpaired) electrons. The maximum Gasteiger partial charge on any atom is 0.140 e. The second-order valence-electron chi connectivity index (χ2n) is 4.81. The highest BCUT2D eigenvalue weighted by molar-refractivity contribution is 7.11. The van der Waals surface area contributed by atoms with Crippen LogP contribution in [-0.4, -0.2) is 4.98 Å². The normalized spacial score (nSPS) is 14.2. The molecule has 1 aromatic heterocycles. The first-order chi connectivity index (χ1) is 9.36. The van der Waals surface area contributed by atoms with Gasteiger partial charge in [0.1, 0.15) is 17.4 Å². The highest BCUT2D eigenvalue weighted by Crippen LogP contribution is 2.30. The Morgan fingerprint density at radius 2 is 2.16 bits per heavy atom. The van der Waals surface area contributed by atoms with Gasteiger partial charge in [-0.25, -0.2) is 4.98 Å². The molecule has 0 atom stereocenters. The van der Waals surface area contributed by atoms with Crippen molar-refractivity contribution in [3.8, 4) is 5.75 Å². The summed E-state index contributed by atoms with van der Waals surface area (Å²) in [6.07, 6.45) is 6.72. The molecule has 0 spiro atoms. The van der Waals surface area contributed by atoms with Gasteiger partial charge in [0, 0.05) is 17.6 Å². The fraction of sp³-hybridized carbons (Fsp3) is 0.400. The average Bonchev–Trinajstić information content (AvgIpc) is 2.93. The smallest absolute Gasteiger partial charge is 0.140 e. The molecule has 0 aliphatic heterocycles. The summed E-state index contributed by atoms with van der Waals surface area (Å²) in [4.78, 5) is 5.43. The molecule has 3 nitrogen and oxygen atoms in total. The van der Waals surface area contributed by atoms with E-state index in [4.69, 9.17) is 10.5 Å². The second kappa shape index (κ2) is 5.72. The number of nitrogens with zero attached hydrogens (tertiary/aromatic N) is 1. The van der Waals surface area contributed by atoms with E-state index in [0.29, 0.717) is 13.2 Å². The topological polar surface area (TPSA) is 48.1 Å². The molecule has 1 heterocycles. The van der Waals surface area contributed by atoms with E-state index in [0.717, 1.165) is 22.1 Å². The zero-order valence-corrected chi connectivity index (χ0v) is 11.7. The highest BCUT2D eigenvalue weighted by Gasteiger charge is 2.14. The molecule has 0 saturated heterocycles. The van der Waals surface area contributed by atoms with Crippen molar-refractivity contribution < 1.29 is 4.74 Å². The quantitative estimate of drug-likeness (QED) is 0.932. The molecule has 19 heavy (non-hydrogen) atoms. The summed E-state index contributed by atoms with van der Waals surface area (Å²) in [7, 11) is 0. The van der Waals surface area contributed by atoms with E-state index >= 15 is 0 Å². The Bertz CT molecular complexity index is 565. The molecule has 1 aliphatic rings. The first-order valence-electron chi connectivity index (χ1n) is 6.74. The summed E-state index contributed by atoms with van der Waals surface area (Å²) in [6, 6.07) is 6.38. The van der Waals surface area contributed by atoms with E-state index in [1.807, 2.05) is 6.20 Å². The van der Waals surface area contributed by atoms with E-state index in [1.54, 1.807) is 11.3 Å². The fourth-order valence-electron chi connectivity index (χ4n) is 2.53. The molecule has 2 aromatic rings. The number of rotatable bonds is 4. The van der Waals surface area contributed by atoms with Gasteiger partial charge in [-0.3, -0.25) is 0 Å². The van der Waals surface area contributed by atoms with Crippen LogP contribution in [0.25, 0.3) is 0 Å². The minimum atomic E-state index is 0.543. The molecule has 1 aromatic carbocycles. The third kappa shape index (κ3) is 2.80. The first kappa shape index (κ1) is 12.6.